The Kier molecular flexibility index (Phi) is 4.97. The Balaban J connectivity index is 2.15. The van der Waals surface area contributed by atoms with Crippen LogP contribution in [0.1, 0.15) is 6.92 Å². The minimum atomic E-state index is 0.467. The summed E-state index contributed by atoms with van der Waals surface area (Å²) < 4.78 is 2.18. The Morgan fingerprint density at radius 2 is 1.60 bits per heavy atom. The van der Waals surface area contributed by atoms with Gasteiger partial charge in [0.05, 0.1) is 16.8 Å². The molecule has 0 fully saturated rings. The number of hydrogen-bond acceptors (Lipinski definition) is 3. The number of benzene rings is 3. The summed E-state index contributed by atoms with van der Waals surface area (Å²) in [5, 5.41) is 11.0. The van der Waals surface area contributed by atoms with Crippen molar-refractivity contribution in [3.05, 3.63) is 87.6 Å². The highest BCUT2D eigenvalue weighted by Crippen LogP contribution is 2.34. The molecule has 30 heavy (non-hydrogen) atoms. The number of aryl methyl sites for hydroxylation is 1. The average Bonchev–Trinajstić information content (AvgIpc) is 2.78. The molecular formula is C21H18N9+. The van der Waals surface area contributed by atoms with Crippen molar-refractivity contribution in [2.45, 2.75) is 13.5 Å². The summed E-state index contributed by atoms with van der Waals surface area (Å²) in [5.74, 6) is 0. The zero-order chi connectivity index (χ0) is 21.1. The first kappa shape index (κ1) is 18.9. The molecule has 0 spiro atoms. The lowest BCUT2D eigenvalue weighted by Crippen LogP contribution is -2.36. The molecule has 1 aromatic heterocycles. The molecular weight excluding hydrogens is 378 g/mol. The molecule has 4 aromatic rings. The van der Waals surface area contributed by atoms with Crippen molar-refractivity contribution in [1.82, 2.24) is 0 Å². The number of pyridine rings is 1. The van der Waals surface area contributed by atoms with E-state index in [0.717, 1.165) is 38.1 Å². The number of aromatic nitrogens is 1. The molecule has 9 nitrogen and oxygen atoms in total. The van der Waals surface area contributed by atoms with E-state index in [9.17, 15) is 0 Å². The monoisotopic (exact) mass is 396 g/mol. The quantitative estimate of drug-likeness (QED) is 0.0868. The summed E-state index contributed by atoms with van der Waals surface area (Å²) >= 11 is 0. The van der Waals surface area contributed by atoms with Crippen molar-refractivity contribution < 1.29 is 4.57 Å². The number of hydrogen-bond donors (Lipinski definition) is 1. The maximum absolute atomic E-state index is 8.82. The highest BCUT2D eigenvalue weighted by atomic mass is 15.7. The molecule has 0 saturated carbocycles. The highest BCUT2D eigenvalue weighted by Gasteiger charge is 2.23. The molecule has 0 aliphatic carbocycles. The van der Waals surface area contributed by atoms with Crippen molar-refractivity contribution >= 4 is 33.1 Å². The minimum Gasteiger partial charge on any atom is -0.399 e. The van der Waals surface area contributed by atoms with Gasteiger partial charge in [-0.3, -0.25) is 0 Å². The van der Waals surface area contributed by atoms with Gasteiger partial charge in [-0.2, -0.15) is 14.4 Å². The Morgan fingerprint density at radius 3 is 2.27 bits per heavy atom. The molecule has 1 heterocycles. The van der Waals surface area contributed by atoms with Crippen molar-refractivity contribution in [3.63, 3.8) is 0 Å². The second-order valence-corrected chi connectivity index (χ2v) is 6.61. The van der Waals surface area contributed by atoms with Crippen molar-refractivity contribution in [2.75, 3.05) is 10.9 Å². The third kappa shape index (κ3) is 3.16. The lowest BCUT2D eigenvalue weighted by Gasteiger charge is -2.13. The third-order valence-electron chi connectivity index (χ3n) is 4.97. The van der Waals surface area contributed by atoms with Crippen LogP contribution >= 0.6 is 0 Å². The molecule has 0 unspecified atom stereocenters. The van der Waals surface area contributed by atoms with Gasteiger partial charge in [0.2, 0.25) is 11.2 Å². The SMILES string of the molecule is CC[n+]1c(-c2ccccc2)c2cc(N)ccc2c2ccc(N(N=[N+]=[N-])N=[N+]=[N-])cc21. The fourth-order valence-corrected chi connectivity index (χ4v) is 3.79. The Morgan fingerprint density at radius 1 is 0.900 bits per heavy atom. The van der Waals surface area contributed by atoms with Gasteiger partial charge in [-0.05, 0) is 53.8 Å². The molecule has 0 atom stereocenters. The molecule has 0 bridgehead atoms. The largest absolute Gasteiger partial charge is 0.399 e. The van der Waals surface area contributed by atoms with E-state index >= 15 is 0 Å². The highest BCUT2D eigenvalue weighted by molar-refractivity contribution is 6.10. The smallest absolute Gasteiger partial charge is 0.220 e. The summed E-state index contributed by atoms with van der Waals surface area (Å²) in [6.45, 7) is 2.76. The number of fused-ring (bicyclic) bond motifs is 3. The predicted octanol–water partition coefficient (Wildman–Crippen LogP) is 5.81. The van der Waals surface area contributed by atoms with E-state index in [1.165, 1.54) is 0 Å². The van der Waals surface area contributed by atoms with Gasteiger partial charge >= 0.3 is 0 Å². The van der Waals surface area contributed by atoms with Crippen LogP contribution in [-0.2, 0) is 6.54 Å². The third-order valence-corrected chi connectivity index (χ3v) is 4.97. The Labute approximate surface area is 171 Å². The number of nitrogens with zero attached hydrogens (tertiary/aromatic N) is 8. The lowest BCUT2D eigenvalue weighted by atomic mass is 9.98. The summed E-state index contributed by atoms with van der Waals surface area (Å²) in [5.41, 5.74) is 27.9. The summed E-state index contributed by atoms with van der Waals surface area (Å²) in [6.07, 6.45) is 0. The van der Waals surface area contributed by atoms with Crippen molar-refractivity contribution in [1.29, 1.82) is 0 Å². The van der Waals surface area contributed by atoms with Crippen LogP contribution in [-0.4, -0.2) is 0 Å². The molecule has 0 aliphatic heterocycles. The summed E-state index contributed by atoms with van der Waals surface area (Å²) in [6, 6.07) is 21.5. The van der Waals surface area contributed by atoms with E-state index in [0.29, 0.717) is 17.9 Å². The standard InChI is InChI=1S/C21H18N9/c1-2-29-20-13-16(30(27-25-23)28-26-24)9-11-18(20)17-10-8-15(22)12-19(17)21(29)14-6-4-3-5-7-14/h3-13H,2,22H2,1H3/q+1. The molecule has 0 aliphatic rings. The number of azide groups is 1. The fraction of sp³-hybridized carbons (Fsp3) is 0.0952. The zero-order valence-corrected chi connectivity index (χ0v) is 16.2. The van der Waals surface area contributed by atoms with E-state index in [4.69, 9.17) is 16.8 Å². The maximum Gasteiger partial charge on any atom is 0.220 e. The first-order valence-electron chi connectivity index (χ1n) is 9.32. The van der Waals surface area contributed by atoms with Gasteiger partial charge in [-0.1, -0.05) is 24.3 Å². The van der Waals surface area contributed by atoms with Gasteiger partial charge in [0, 0.05) is 16.6 Å². The van der Waals surface area contributed by atoms with Gasteiger partial charge in [0.1, 0.15) is 12.2 Å². The molecule has 4 rings (SSSR count). The van der Waals surface area contributed by atoms with Gasteiger partial charge in [0.15, 0.2) is 0 Å². The van der Waals surface area contributed by atoms with Crippen molar-refractivity contribution in [3.8, 4) is 11.3 Å². The van der Waals surface area contributed by atoms with Crippen LogP contribution in [0, 0.1) is 0 Å². The summed E-state index contributed by atoms with van der Waals surface area (Å²) in [7, 11) is 0. The van der Waals surface area contributed by atoms with E-state index in [-0.39, 0.29) is 0 Å². The van der Waals surface area contributed by atoms with Crippen LogP contribution in [0.4, 0.5) is 11.4 Å². The average molecular weight is 396 g/mol. The molecule has 0 saturated heterocycles. The van der Waals surface area contributed by atoms with Crippen molar-refractivity contribution in [2.24, 2.45) is 10.4 Å². The minimum absolute atomic E-state index is 0.467. The van der Waals surface area contributed by atoms with E-state index in [1.54, 1.807) is 6.07 Å². The van der Waals surface area contributed by atoms with Crippen LogP contribution < -0.4 is 15.4 Å². The Hall–Kier alpha value is -4.45. The number of rotatable bonds is 5. The first-order chi connectivity index (χ1) is 14.7. The van der Waals surface area contributed by atoms with Crippen LogP contribution in [0.3, 0.4) is 0 Å². The van der Waals surface area contributed by atoms with Gasteiger partial charge in [-0.15, -0.1) is 16.2 Å². The van der Waals surface area contributed by atoms with Crippen LogP contribution in [0.25, 0.3) is 53.8 Å². The predicted molar refractivity (Wildman–Crippen MR) is 118 cm³/mol. The molecule has 0 amide bonds. The van der Waals surface area contributed by atoms with Gasteiger partial charge in [0.25, 0.3) is 0 Å². The number of anilines is 2. The summed E-state index contributed by atoms with van der Waals surface area (Å²) in [4.78, 5) is 5.49. The topological polar surface area (TPSA) is 131 Å². The van der Waals surface area contributed by atoms with Crippen LogP contribution in [0.15, 0.2) is 77.2 Å². The van der Waals surface area contributed by atoms with Gasteiger partial charge < -0.3 is 5.73 Å². The Bertz CT molecular complexity index is 1330. The van der Waals surface area contributed by atoms with E-state index in [2.05, 4.69) is 43.9 Å². The number of nitrogens with two attached hydrogens (primary N) is 1. The van der Waals surface area contributed by atoms with Gasteiger partial charge in [-0.25, -0.2) is 0 Å². The molecule has 146 valence electrons. The van der Waals surface area contributed by atoms with Crippen LogP contribution in [0.2, 0.25) is 0 Å². The van der Waals surface area contributed by atoms with E-state index in [1.807, 2.05) is 48.5 Å². The molecule has 3 aromatic carbocycles. The normalized spacial score (nSPS) is 10.4. The fourth-order valence-electron chi connectivity index (χ4n) is 3.79. The first-order valence-corrected chi connectivity index (χ1v) is 9.32. The molecule has 2 N–H and O–H groups in total. The zero-order valence-electron chi connectivity index (χ0n) is 16.2. The lowest BCUT2D eigenvalue weighted by molar-refractivity contribution is -0.655. The second-order valence-electron chi connectivity index (χ2n) is 6.61. The second kappa shape index (κ2) is 7.89. The van der Waals surface area contributed by atoms with Crippen LogP contribution in [0.5, 0.6) is 0 Å². The number of nitrogen functional groups attached to an aromatic ring is 1. The van der Waals surface area contributed by atoms with E-state index < -0.39 is 0 Å². The molecule has 9 heteroatoms. The maximum atomic E-state index is 8.82. The molecule has 0 radical (unpaired) electrons.